The molecule has 1 heterocycles. The van der Waals surface area contributed by atoms with Gasteiger partial charge >= 0.3 is 0 Å². The first-order chi connectivity index (χ1) is 9.54. The maximum absolute atomic E-state index is 13.3. The normalized spacial score (nSPS) is 10.6. The lowest BCUT2D eigenvalue weighted by Gasteiger charge is -2.11. The van der Waals surface area contributed by atoms with Crippen LogP contribution in [0.25, 0.3) is 5.69 Å². The van der Waals surface area contributed by atoms with E-state index in [0.717, 1.165) is 16.3 Å². The molecule has 0 atom stereocenters. The Morgan fingerprint density at radius 1 is 1.45 bits per heavy atom. The molecular formula is C14H13F2N3O. The highest BCUT2D eigenvalue weighted by Crippen LogP contribution is 2.30. The third-order valence-electron chi connectivity index (χ3n) is 2.80. The fourth-order valence-corrected chi connectivity index (χ4v) is 1.84. The molecule has 1 amide bonds. The summed E-state index contributed by atoms with van der Waals surface area (Å²) < 4.78 is 27.6. The molecule has 1 aromatic heterocycles. The van der Waals surface area contributed by atoms with Crippen LogP contribution < -0.4 is 5.32 Å². The minimum absolute atomic E-state index is 0.0202. The van der Waals surface area contributed by atoms with Crippen LogP contribution in [-0.4, -0.2) is 15.7 Å². The molecule has 4 nitrogen and oxygen atoms in total. The van der Waals surface area contributed by atoms with Gasteiger partial charge in [0.15, 0.2) is 0 Å². The first-order valence-electron chi connectivity index (χ1n) is 5.90. The molecule has 1 N–H and O–H groups in total. The van der Waals surface area contributed by atoms with Gasteiger partial charge in [-0.25, -0.2) is 13.5 Å². The Morgan fingerprint density at radius 3 is 2.75 bits per heavy atom. The highest BCUT2D eigenvalue weighted by atomic mass is 19.3. The molecule has 0 bridgehead atoms. The van der Waals surface area contributed by atoms with Crippen molar-refractivity contribution in [2.24, 2.45) is 0 Å². The van der Waals surface area contributed by atoms with E-state index in [0.29, 0.717) is 5.69 Å². The number of hydrogen-bond acceptors (Lipinski definition) is 2. The zero-order chi connectivity index (χ0) is 14.7. The van der Waals surface area contributed by atoms with Crippen LogP contribution in [0.3, 0.4) is 0 Å². The number of carbonyl (C=O) groups is 1. The van der Waals surface area contributed by atoms with E-state index in [1.165, 1.54) is 6.20 Å². The van der Waals surface area contributed by atoms with Crippen molar-refractivity contribution in [3.63, 3.8) is 0 Å². The molecule has 0 radical (unpaired) electrons. The van der Waals surface area contributed by atoms with Crippen LogP contribution in [0.15, 0.2) is 43.1 Å². The van der Waals surface area contributed by atoms with E-state index < -0.39 is 12.3 Å². The molecule has 0 aliphatic heterocycles. The lowest BCUT2D eigenvalue weighted by Crippen LogP contribution is -2.11. The van der Waals surface area contributed by atoms with Crippen LogP contribution in [-0.2, 0) is 4.79 Å². The number of para-hydroxylation sites is 1. The molecule has 0 aliphatic carbocycles. The van der Waals surface area contributed by atoms with Crippen molar-refractivity contribution in [2.45, 2.75) is 13.3 Å². The van der Waals surface area contributed by atoms with Gasteiger partial charge in [0.1, 0.15) is 5.69 Å². The molecule has 20 heavy (non-hydrogen) atoms. The van der Waals surface area contributed by atoms with Gasteiger partial charge in [0.2, 0.25) is 5.91 Å². The predicted octanol–water partition coefficient (Wildman–Crippen LogP) is 3.24. The van der Waals surface area contributed by atoms with Crippen molar-refractivity contribution in [2.75, 3.05) is 5.32 Å². The third-order valence-corrected chi connectivity index (χ3v) is 2.80. The summed E-state index contributed by atoms with van der Waals surface area (Å²) in [6, 6.07) is 7.04. The van der Waals surface area contributed by atoms with Gasteiger partial charge in [-0.1, -0.05) is 24.8 Å². The summed E-state index contributed by atoms with van der Waals surface area (Å²) >= 11 is 0. The quantitative estimate of drug-likeness (QED) is 0.872. The SMILES string of the molecule is C=CC(=O)Nc1cnn(-c2ccccc2C)c1C(F)F. The summed E-state index contributed by atoms with van der Waals surface area (Å²) in [7, 11) is 0. The molecule has 0 spiro atoms. The van der Waals surface area contributed by atoms with E-state index in [1.54, 1.807) is 25.1 Å². The Labute approximate surface area is 114 Å². The van der Waals surface area contributed by atoms with Crippen LogP contribution in [0, 0.1) is 6.92 Å². The van der Waals surface area contributed by atoms with Crippen molar-refractivity contribution in [3.05, 3.63) is 54.4 Å². The van der Waals surface area contributed by atoms with Crippen LogP contribution in [0.4, 0.5) is 14.5 Å². The molecule has 0 fully saturated rings. The van der Waals surface area contributed by atoms with Crippen LogP contribution in [0.1, 0.15) is 17.7 Å². The molecule has 2 aromatic rings. The van der Waals surface area contributed by atoms with Gasteiger partial charge in [-0.3, -0.25) is 4.79 Å². The first kappa shape index (κ1) is 13.9. The zero-order valence-electron chi connectivity index (χ0n) is 10.8. The lowest BCUT2D eigenvalue weighted by molar-refractivity contribution is -0.111. The smallest absolute Gasteiger partial charge is 0.282 e. The fourth-order valence-electron chi connectivity index (χ4n) is 1.84. The second-order valence-electron chi connectivity index (χ2n) is 4.14. The molecule has 0 saturated heterocycles. The number of benzene rings is 1. The van der Waals surface area contributed by atoms with Crippen LogP contribution >= 0.6 is 0 Å². The maximum atomic E-state index is 13.3. The van der Waals surface area contributed by atoms with Gasteiger partial charge in [0, 0.05) is 0 Å². The summed E-state index contributed by atoms with van der Waals surface area (Å²) in [4.78, 5) is 11.3. The number of aryl methyl sites for hydroxylation is 1. The van der Waals surface area contributed by atoms with Crippen molar-refractivity contribution in [1.29, 1.82) is 0 Å². The molecule has 6 heteroatoms. The highest BCUT2D eigenvalue weighted by molar-refractivity contribution is 5.99. The Balaban J connectivity index is 2.52. The summed E-state index contributed by atoms with van der Waals surface area (Å²) in [5.74, 6) is -0.559. The van der Waals surface area contributed by atoms with E-state index >= 15 is 0 Å². The van der Waals surface area contributed by atoms with E-state index in [2.05, 4.69) is 17.0 Å². The summed E-state index contributed by atoms with van der Waals surface area (Å²) in [5.41, 5.74) is 0.976. The number of amides is 1. The molecular weight excluding hydrogens is 264 g/mol. The van der Waals surface area contributed by atoms with Crippen molar-refractivity contribution < 1.29 is 13.6 Å². The fraction of sp³-hybridized carbons (Fsp3) is 0.143. The number of rotatable bonds is 4. The summed E-state index contributed by atoms with van der Waals surface area (Å²) in [6.07, 6.45) is -0.549. The number of hydrogen-bond donors (Lipinski definition) is 1. The second-order valence-corrected chi connectivity index (χ2v) is 4.14. The minimum Gasteiger partial charge on any atom is -0.319 e. The van der Waals surface area contributed by atoms with Gasteiger partial charge in [-0.05, 0) is 24.6 Å². The number of alkyl halides is 2. The van der Waals surface area contributed by atoms with Crippen LogP contribution in [0.5, 0.6) is 0 Å². The largest absolute Gasteiger partial charge is 0.319 e. The van der Waals surface area contributed by atoms with Gasteiger partial charge in [0.25, 0.3) is 6.43 Å². The van der Waals surface area contributed by atoms with Crippen molar-refractivity contribution >= 4 is 11.6 Å². The van der Waals surface area contributed by atoms with E-state index in [-0.39, 0.29) is 11.4 Å². The Kier molecular flexibility index (Phi) is 3.93. The minimum atomic E-state index is -2.77. The maximum Gasteiger partial charge on any atom is 0.282 e. The Hall–Kier alpha value is -2.50. The lowest BCUT2D eigenvalue weighted by atomic mass is 10.2. The average molecular weight is 277 g/mol. The number of aromatic nitrogens is 2. The van der Waals surface area contributed by atoms with Crippen molar-refractivity contribution in [1.82, 2.24) is 9.78 Å². The molecule has 0 aliphatic rings. The summed E-state index contributed by atoms with van der Waals surface area (Å²) in [5, 5.41) is 6.27. The van der Waals surface area contributed by atoms with E-state index in [1.807, 2.05) is 6.07 Å². The number of anilines is 1. The topological polar surface area (TPSA) is 46.9 Å². The van der Waals surface area contributed by atoms with Gasteiger partial charge in [-0.2, -0.15) is 5.10 Å². The van der Waals surface area contributed by atoms with Gasteiger partial charge in [0.05, 0.1) is 17.6 Å². The van der Waals surface area contributed by atoms with E-state index in [4.69, 9.17) is 0 Å². The Morgan fingerprint density at radius 2 is 2.15 bits per heavy atom. The zero-order valence-corrected chi connectivity index (χ0v) is 10.8. The number of nitrogens with zero attached hydrogens (tertiary/aromatic N) is 2. The highest BCUT2D eigenvalue weighted by Gasteiger charge is 2.22. The first-order valence-corrected chi connectivity index (χ1v) is 5.90. The van der Waals surface area contributed by atoms with Crippen LogP contribution in [0.2, 0.25) is 0 Å². The average Bonchev–Trinajstić information content (AvgIpc) is 2.82. The monoisotopic (exact) mass is 277 g/mol. The van der Waals surface area contributed by atoms with E-state index in [9.17, 15) is 13.6 Å². The Bertz CT molecular complexity index is 650. The van der Waals surface area contributed by atoms with Crippen molar-refractivity contribution in [3.8, 4) is 5.69 Å². The molecule has 104 valence electrons. The number of nitrogens with one attached hydrogen (secondary N) is 1. The standard InChI is InChI=1S/C14H13F2N3O/c1-3-12(20)18-10-8-17-19(13(10)14(15)16)11-7-5-4-6-9(11)2/h3-8,14H,1H2,2H3,(H,18,20). The third kappa shape index (κ3) is 2.59. The molecule has 2 rings (SSSR count). The van der Waals surface area contributed by atoms with Gasteiger partial charge in [-0.15, -0.1) is 0 Å². The van der Waals surface area contributed by atoms with Gasteiger partial charge < -0.3 is 5.32 Å². The molecule has 0 unspecified atom stereocenters. The summed E-state index contributed by atoms with van der Waals surface area (Å²) in [6.45, 7) is 5.08. The second kappa shape index (κ2) is 5.64. The molecule has 0 saturated carbocycles. The molecule has 1 aromatic carbocycles. The number of carbonyl (C=O) groups excluding carboxylic acids is 1. The number of halogens is 2. The predicted molar refractivity (Wildman–Crippen MR) is 72.1 cm³/mol.